The Bertz CT molecular complexity index is 1030. The summed E-state index contributed by atoms with van der Waals surface area (Å²) >= 11 is 0. The van der Waals surface area contributed by atoms with Crippen molar-refractivity contribution < 1.29 is 34.3 Å². The van der Waals surface area contributed by atoms with Gasteiger partial charge in [0.1, 0.15) is 17.1 Å². The van der Waals surface area contributed by atoms with E-state index in [4.69, 9.17) is 19.0 Å². The van der Waals surface area contributed by atoms with Gasteiger partial charge in [-0.1, -0.05) is 0 Å². The Hall–Kier alpha value is -3.07. The molecule has 0 aliphatic carbocycles. The van der Waals surface area contributed by atoms with Gasteiger partial charge in [-0.25, -0.2) is 0 Å². The Morgan fingerprint density at radius 1 is 1.07 bits per heavy atom. The summed E-state index contributed by atoms with van der Waals surface area (Å²) in [7, 11) is 0. The molecule has 2 atom stereocenters. The van der Waals surface area contributed by atoms with Crippen molar-refractivity contribution in [2.24, 2.45) is 0 Å². The number of phenolic OH excluding ortho intramolecular Hbond substituents is 1. The van der Waals surface area contributed by atoms with Gasteiger partial charge in [-0.2, -0.15) is 0 Å². The summed E-state index contributed by atoms with van der Waals surface area (Å²) in [4.78, 5) is 12.5. The minimum atomic E-state index is -0.725. The predicted molar refractivity (Wildman–Crippen MR) is 105 cm³/mol. The first-order valence-corrected chi connectivity index (χ1v) is 9.06. The van der Waals surface area contributed by atoms with Crippen molar-refractivity contribution in [1.82, 2.24) is 0 Å². The maximum atomic E-state index is 12.5. The fourth-order valence-electron chi connectivity index (χ4n) is 2.88. The topological polar surface area (TPSA) is 130 Å². The van der Waals surface area contributed by atoms with Gasteiger partial charge in [-0.05, 0) is 49.7 Å². The number of benzene rings is 2. The molecule has 2 aromatic carbocycles. The molecule has 0 aliphatic heterocycles. The molecule has 3 rings (SSSR count). The fraction of sp³-hybridized carbons (Fsp3) is 0.286. The number of aromatic hydroxyl groups is 2. The summed E-state index contributed by atoms with van der Waals surface area (Å²) in [5.41, 5.74) is 0.0419. The summed E-state index contributed by atoms with van der Waals surface area (Å²) < 4.78 is 16.9. The van der Waals surface area contributed by atoms with E-state index in [1.54, 1.807) is 13.0 Å². The van der Waals surface area contributed by atoms with Crippen LogP contribution in [0, 0.1) is 0 Å². The van der Waals surface area contributed by atoms with Gasteiger partial charge < -0.3 is 34.3 Å². The average Bonchev–Trinajstić information content (AvgIpc) is 2.71. The first-order chi connectivity index (χ1) is 13.9. The summed E-state index contributed by atoms with van der Waals surface area (Å²) in [5, 5.41) is 38.1. The summed E-state index contributed by atoms with van der Waals surface area (Å²) in [6.07, 6.45) is -1.02. The van der Waals surface area contributed by atoms with Crippen molar-refractivity contribution >= 4 is 11.0 Å². The van der Waals surface area contributed by atoms with E-state index in [9.17, 15) is 20.1 Å². The van der Waals surface area contributed by atoms with E-state index >= 15 is 0 Å². The van der Waals surface area contributed by atoms with E-state index in [0.717, 1.165) is 0 Å². The van der Waals surface area contributed by atoms with Crippen LogP contribution in [0.25, 0.3) is 22.3 Å². The molecular formula is C21H22O8. The van der Waals surface area contributed by atoms with E-state index < -0.39 is 23.6 Å². The van der Waals surface area contributed by atoms with Crippen LogP contribution in [0.5, 0.6) is 17.2 Å². The predicted octanol–water partition coefficient (Wildman–Crippen LogP) is 2.36. The smallest absolute Gasteiger partial charge is 0.235 e. The number of fused-ring (bicyclic) bond motifs is 1. The molecule has 1 aromatic heterocycles. The van der Waals surface area contributed by atoms with Crippen LogP contribution in [0.15, 0.2) is 51.7 Å². The lowest BCUT2D eigenvalue weighted by molar-refractivity contribution is -0.125. The monoisotopic (exact) mass is 402 g/mol. The summed E-state index contributed by atoms with van der Waals surface area (Å²) in [6, 6.07) is 10.4. The van der Waals surface area contributed by atoms with Gasteiger partial charge in [0.15, 0.2) is 12.1 Å². The molecule has 0 spiro atoms. The molecule has 154 valence electrons. The molecule has 8 heteroatoms. The molecular weight excluding hydrogens is 380 g/mol. The second-order valence-electron chi connectivity index (χ2n) is 6.45. The molecule has 0 aliphatic rings. The van der Waals surface area contributed by atoms with Gasteiger partial charge in [-0.15, -0.1) is 0 Å². The minimum absolute atomic E-state index is 0.0211. The maximum Gasteiger partial charge on any atom is 0.235 e. The molecule has 8 nitrogen and oxygen atoms in total. The molecule has 2 unspecified atom stereocenters. The third-order valence-corrected chi connectivity index (χ3v) is 4.31. The molecule has 0 amide bonds. The Labute approximate surface area is 166 Å². The third kappa shape index (κ3) is 4.68. The van der Waals surface area contributed by atoms with E-state index in [0.29, 0.717) is 11.3 Å². The zero-order chi connectivity index (χ0) is 21.0. The quantitative estimate of drug-likeness (QED) is 0.423. The first kappa shape index (κ1) is 20.7. The van der Waals surface area contributed by atoms with Gasteiger partial charge in [0.2, 0.25) is 11.2 Å². The standard InChI is InChI=1S/C21H22O8/c1-12(28-16(11-23)8-9-22)27-15-6-7-17-18(10-15)29-21(20(26)19(17)25)13-2-4-14(24)5-3-13/h2-7,10,12,16,22-24,26H,8-9,11H2,1H3. The van der Waals surface area contributed by atoms with Crippen LogP contribution in [0.3, 0.4) is 0 Å². The SMILES string of the molecule is CC(Oc1ccc2c(=O)c(O)c(-c3ccc(O)cc3)oc2c1)OC(CO)CCO. The van der Waals surface area contributed by atoms with Gasteiger partial charge in [-0.3, -0.25) is 4.79 Å². The number of hydrogen-bond donors (Lipinski definition) is 4. The van der Waals surface area contributed by atoms with Crippen molar-refractivity contribution in [1.29, 1.82) is 0 Å². The van der Waals surface area contributed by atoms with Gasteiger partial charge in [0, 0.05) is 18.2 Å². The summed E-state index contributed by atoms with van der Waals surface area (Å²) in [6.45, 7) is 1.26. The van der Waals surface area contributed by atoms with Crippen LogP contribution in [-0.2, 0) is 4.74 Å². The molecule has 0 saturated heterocycles. The molecule has 0 fully saturated rings. The number of aliphatic hydroxyl groups excluding tert-OH is 2. The zero-order valence-corrected chi connectivity index (χ0v) is 15.7. The Morgan fingerprint density at radius 2 is 1.79 bits per heavy atom. The second kappa shape index (κ2) is 8.95. The van der Waals surface area contributed by atoms with Crippen LogP contribution in [-0.4, -0.2) is 46.0 Å². The van der Waals surface area contributed by atoms with Crippen molar-refractivity contribution in [3.05, 3.63) is 52.7 Å². The molecule has 3 aromatic rings. The Kier molecular flexibility index (Phi) is 6.38. The second-order valence-corrected chi connectivity index (χ2v) is 6.45. The van der Waals surface area contributed by atoms with Crippen LogP contribution in [0.4, 0.5) is 0 Å². The molecule has 0 bridgehead atoms. The van der Waals surface area contributed by atoms with E-state index in [-0.39, 0.29) is 42.1 Å². The van der Waals surface area contributed by atoms with Gasteiger partial charge >= 0.3 is 0 Å². The lowest BCUT2D eigenvalue weighted by Gasteiger charge is -2.21. The minimum Gasteiger partial charge on any atom is -0.508 e. The number of rotatable bonds is 8. The van der Waals surface area contributed by atoms with Crippen molar-refractivity contribution in [2.45, 2.75) is 25.7 Å². The largest absolute Gasteiger partial charge is 0.508 e. The lowest BCUT2D eigenvalue weighted by atomic mass is 10.1. The summed E-state index contributed by atoms with van der Waals surface area (Å²) in [5.74, 6) is -0.143. The number of phenols is 1. The molecule has 0 radical (unpaired) electrons. The number of aliphatic hydroxyl groups is 2. The Balaban J connectivity index is 1.91. The van der Waals surface area contributed by atoms with Crippen molar-refractivity contribution in [3.8, 4) is 28.6 Å². The van der Waals surface area contributed by atoms with Crippen LogP contribution in [0.2, 0.25) is 0 Å². The molecule has 0 saturated carbocycles. The van der Waals surface area contributed by atoms with Gasteiger partial charge in [0.05, 0.1) is 18.1 Å². The van der Waals surface area contributed by atoms with E-state index in [2.05, 4.69) is 0 Å². The zero-order valence-electron chi connectivity index (χ0n) is 15.7. The molecule has 4 N–H and O–H groups in total. The van der Waals surface area contributed by atoms with Crippen molar-refractivity contribution in [3.63, 3.8) is 0 Å². The molecule has 1 heterocycles. The third-order valence-electron chi connectivity index (χ3n) is 4.31. The first-order valence-electron chi connectivity index (χ1n) is 9.06. The van der Waals surface area contributed by atoms with Crippen LogP contribution < -0.4 is 10.2 Å². The normalized spacial score (nSPS) is 13.3. The number of ether oxygens (including phenoxy) is 2. The molecule has 29 heavy (non-hydrogen) atoms. The van der Waals surface area contributed by atoms with Crippen LogP contribution >= 0.6 is 0 Å². The highest BCUT2D eigenvalue weighted by molar-refractivity contribution is 5.83. The Morgan fingerprint density at radius 3 is 2.45 bits per heavy atom. The van der Waals surface area contributed by atoms with Gasteiger partial charge in [0.25, 0.3) is 0 Å². The highest BCUT2D eigenvalue weighted by Gasteiger charge is 2.17. The fourth-order valence-corrected chi connectivity index (χ4v) is 2.88. The van der Waals surface area contributed by atoms with E-state index in [1.807, 2.05) is 0 Å². The number of hydrogen-bond acceptors (Lipinski definition) is 8. The maximum absolute atomic E-state index is 12.5. The highest BCUT2D eigenvalue weighted by Crippen LogP contribution is 2.32. The van der Waals surface area contributed by atoms with E-state index in [1.165, 1.54) is 36.4 Å². The van der Waals surface area contributed by atoms with Crippen molar-refractivity contribution in [2.75, 3.05) is 13.2 Å². The average molecular weight is 402 g/mol. The lowest BCUT2D eigenvalue weighted by Crippen LogP contribution is -2.28. The highest BCUT2D eigenvalue weighted by atomic mass is 16.7. The van der Waals surface area contributed by atoms with Crippen LogP contribution in [0.1, 0.15) is 13.3 Å².